The molecule has 22 heavy (non-hydrogen) atoms. The van der Waals surface area contributed by atoms with Crippen LogP contribution >= 0.6 is 0 Å². The summed E-state index contributed by atoms with van der Waals surface area (Å²) in [5.41, 5.74) is 0. The summed E-state index contributed by atoms with van der Waals surface area (Å²) < 4.78 is 16.5. The Morgan fingerprint density at radius 1 is 1.41 bits per heavy atom. The summed E-state index contributed by atoms with van der Waals surface area (Å²) in [5, 5.41) is 5.37. The van der Waals surface area contributed by atoms with Crippen molar-refractivity contribution in [1.82, 2.24) is 10.6 Å². The number of ether oxygens (including phenoxy) is 3. The summed E-state index contributed by atoms with van der Waals surface area (Å²) in [7, 11) is 0. The SMILES string of the molecule is CCCCOC[C@@H](NC(C)=O)C(=O)NC[C@H]1COC(C)(C)O1. The van der Waals surface area contributed by atoms with Gasteiger partial charge in [0.2, 0.25) is 11.8 Å². The zero-order valence-corrected chi connectivity index (χ0v) is 13.9. The first-order valence-electron chi connectivity index (χ1n) is 7.78. The second-order valence-corrected chi connectivity index (χ2v) is 5.88. The van der Waals surface area contributed by atoms with Crippen LogP contribution in [0.4, 0.5) is 0 Å². The predicted octanol–water partition coefficient (Wildman–Crippen LogP) is 0.576. The van der Waals surface area contributed by atoms with Crippen molar-refractivity contribution >= 4 is 11.8 Å². The summed E-state index contributed by atoms with van der Waals surface area (Å²) in [4.78, 5) is 23.4. The molecule has 0 spiro atoms. The van der Waals surface area contributed by atoms with Gasteiger partial charge in [0.25, 0.3) is 0 Å². The van der Waals surface area contributed by atoms with Crippen molar-refractivity contribution in [2.45, 2.75) is 58.5 Å². The number of amides is 2. The molecule has 0 aromatic carbocycles. The zero-order valence-electron chi connectivity index (χ0n) is 13.9. The van der Waals surface area contributed by atoms with E-state index in [9.17, 15) is 9.59 Å². The molecule has 0 radical (unpaired) electrons. The lowest BCUT2D eigenvalue weighted by Crippen LogP contribution is -2.50. The molecule has 1 aliphatic heterocycles. The van der Waals surface area contributed by atoms with Crippen LogP contribution in [0.15, 0.2) is 0 Å². The molecule has 0 saturated carbocycles. The average Bonchev–Trinajstić information content (AvgIpc) is 2.78. The van der Waals surface area contributed by atoms with E-state index in [1.54, 1.807) is 0 Å². The fourth-order valence-electron chi connectivity index (χ4n) is 2.08. The van der Waals surface area contributed by atoms with E-state index in [0.717, 1.165) is 12.8 Å². The fourth-order valence-corrected chi connectivity index (χ4v) is 2.08. The van der Waals surface area contributed by atoms with E-state index in [2.05, 4.69) is 17.6 Å². The highest BCUT2D eigenvalue weighted by Gasteiger charge is 2.33. The molecule has 1 fully saturated rings. The second-order valence-electron chi connectivity index (χ2n) is 5.88. The van der Waals surface area contributed by atoms with Gasteiger partial charge in [-0.3, -0.25) is 9.59 Å². The summed E-state index contributed by atoms with van der Waals surface area (Å²) in [6, 6.07) is -0.690. The van der Waals surface area contributed by atoms with Crippen LogP contribution in [0.3, 0.4) is 0 Å². The molecule has 1 rings (SSSR count). The van der Waals surface area contributed by atoms with Crippen LogP contribution < -0.4 is 10.6 Å². The lowest BCUT2D eigenvalue weighted by molar-refractivity contribution is -0.140. The van der Waals surface area contributed by atoms with E-state index in [1.807, 2.05) is 13.8 Å². The predicted molar refractivity (Wildman–Crippen MR) is 81.2 cm³/mol. The van der Waals surface area contributed by atoms with Crippen molar-refractivity contribution in [2.75, 3.05) is 26.4 Å². The third-order valence-corrected chi connectivity index (χ3v) is 3.19. The number of unbranched alkanes of at least 4 members (excludes halogenated alkanes) is 1. The standard InChI is InChI=1S/C15H28N2O5/c1-5-6-7-20-10-13(17-11(2)18)14(19)16-8-12-9-21-15(3,4)22-12/h12-13H,5-10H2,1-4H3,(H,16,19)(H,17,18)/t12-,13+/m0/s1. The van der Waals surface area contributed by atoms with Crippen molar-refractivity contribution in [1.29, 1.82) is 0 Å². The smallest absolute Gasteiger partial charge is 0.245 e. The first-order valence-corrected chi connectivity index (χ1v) is 7.78. The van der Waals surface area contributed by atoms with Crippen molar-refractivity contribution < 1.29 is 23.8 Å². The Morgan fingerprint density at radius 3 is 2.68 bits per heavy atom. The molecule has 0 unspecified atom stereocenters. The van der Waals surface area contributed by atoms with Gasteiger partial charge in [0.1, 0.15) is 12.1 Å². The van der Waals surface area contributed by atoms with Crippen LogP contribution in [0.2, 0.25) is 0 Å². The normalized spacial score (nSPS) is 21.4. The van der Waals surface area contributed by atoms with E-state index in [1.165, 1.54) is 6.92 Å². The Morgan fingerprint density at radius 2 is 2.14 bits per heavy atom. The quantitative estimate of drug-likeness (QED) is 0.608. The third kappa shape index (κ3) is 7.20. The highest BCUT2D eigenvalue weighted by molar-refractivity contribution is 5.86. The van der Waals surface area contributed by atoms with Crippen LogP contribution in [0.25, 0.3) is 0 Å². The maximum atomic E-state index is 12.2. The molecule has 128 valence electrons. The van der Waals surface area contributed by atoms with Gasteiger partial charge in [0.15, 0.2) is 5.79 Å². The average molecular weight is 316 g/mol. The molecule has 1 saturated heterocycles. The number of rotatable bonds is 9. The fraction of sp³-hybridized carbons (Fsp3) is 0.867. The number of nitrogens with one attached hydrogen (secondary N) is 2. The lowest BCUT2D eigenvalue weighted by Gasteiger charge is -2.20. The molecular weight excluding hydrogens is 288 g/mol. The Kier molecular flexibility index (Phi) is 7.78. The zero-order chi connectivity index (χ0) is 16.6. The van der Waals surface area contributed by atoms with Crippen molar-refractivity contribution in [3.8, 4) is 0 Å². The van der Waals surface area contributed by atoms with E-state index < -0.39 is 11.8 Å². The first-order chi connectivity index (χ1) is 10.3. The number of hydrogen-bond donors (Lipinski definition) is 2. The molecular formula is C15H28N2O5. The maximum absolute atomic E-state index is 12.2. The van der Waals surface area contributed by atoms with Crippen molar-refractivity contribution in [3.63, 3.8) is 0 Å². The van der Waals surface area contributed by atoms with E-state index in [4.69, 9.17) is 14.2 Å². The van der Waals surface area contributed by atoms with Crippen molar-refractivity contribution in [3.05, 3.63) is 0 Å². The Labute approximate surface area is 132 Å². The Bertz CT molecular complexity index is 373. The monoisotopic (exact) mass is 316 g/mol. The summed E-state index contributed by atoms with van der Waals surface area (Å²) >= 11 is 0. The molecule has 2 N–H and O–H groups in total. The molecule has 0 bridgehead atoms. The van der Waals surface area contributed by atoms with Gasteiger partial charge in [0, 0.05) is 20.1 Å². The van der Waals surface area contributed by atoms with Crippen molar-refractivity contribution in [2.24, 2.45) is 0 Å². The van der Waals surface area contributed by atoms with E-state index in [0.29, 0.717) is 19.8 Å². The van der Waals surface area contributed by atoms with Gasteiger partial charge >= 0.3 is 0 Å². The minimum absolute atomic E-state index is 0.166. The third-order valence-electron chi connectivity index (χ3n) is 3.19. The topological polar surface area (TPSA) is 85.9 Å². The molecule has 1 heterocycles. The van der Waals surface area contributed by atoms with Crippen LogP contribution in [-0.4, -0.2) is 56.1 Å². The highest BCUT2D eigenvalue weighted by Crippen LogP contribution is 2.21. The van der Waals surface area contributed by atoms with Crippen LogP contribution in [0.5, 0.6) is 0 Å². The summed E-state index contributed by atoms with van der Waals surface area (Å²) in [5.74, 6) is -1.16. The van der Waals surface area contributed by atoms with Crippen LogP contribution in [-0.2, 0) is 23.8 Å². The number of hydrogen-bond acceptors (Lipinski definition) is 5. The lowest BCUT2D eigenvalue weighted by atomic mass is 10.2. The first kappa shape index (κ1) is 18.9. The van der Waals surface area contributed by atoms with E-state index in [-0.39, 0.29) is 24.5 Å². The van der Waals surface area contributed by atoms with Gasteiger partial charge in [0.05, 0.1) is 13.2 Å². The van der Waals surface area contributed by atoms with Gasteiger partial charge in [-0.1, -0.05) is 13.3 Å². The molecule has 2 amide bonds. The van der Waals surface area contributed by atoms with Gasteiger partial charge in [-0.15, -0.1) is 0 Å². The number of carbonyl (C=O) groups is 2. The minimum atomic E-state index is -0.690. The second kappa shape index (κ2) is 9.07. The molecule has 7 nitrogen and oxygen atoms in total. The maximum Gasteiger partial charge on any atom is 0.245 e. The van der Waals surface area contributed by atoms with Gasteiger partial charge in [-0.25, -0.2) is 0 Å². The van der Waals surface area contributed by atoms with Gasteiger partial charge < -0.3 is 24.8 Å². The van der Waals surface area contributed by atoms with Gasteiger partial charge in [-0.05, 0) is 20.3 Å². The molecule has 0 aromatic heterocycles. The van der Waals surface area contributed by atoms with E-state index >= 15 is 0 Å². The summed E-state index contributed by atoms with van der Waals surface area (Å²) in [6.07, 6.45) is 1.76. The van der Waals surface area contributed by atoms with Gasteiger partial charge in [-0.2, -0.15) is 0 Å². The molecule has 2 atom stereocenters. The Balaban J connectivity index is 2.37. The molecule has 0 aromatic rings. The largest absolute Gasteiger partial charge is 0.379 e. The minimum Gasteiger partial charge on any atom is -0.379 e. The molecule has 0 aliphatic carbocycles. The van der Waals surface area contributed by atoms with Crippen LogP contribution in [0.1, 0.15) is 40.5 Å². The van der Waals surface area contributed by atoms with Crippen LogP contribution in [0, 0.1) is 0 Å². The molecule has 7 heteroatoms. The summed E-state index contributed by atoms with van der Waals surface area (Å²) in [6.45, 7) is 8.62. The highest BCUT2D eigenvalue weighted by atomic mass is 16.7. The number of carbonyl (C=O) groups excluding carboxylic acids is 2. The Hall–Kier alpha value is -1.18. The molecule has 1 aliphatic rings.